The van der Waals surface area contributed by atoms with Gasteiger partial charge in [-0.1, -0.05) is 100 Å². The fourth-order valence-corrected chi connectivity index (χ4v) is 16.4. The van der Waals surface area contributed by atoms with Gasteiger partial charge in [0.25, 0.3) is 0 Å². The van der Waals surface area contributed by atoms with E-state index in [0.29, 0.717) is 48.4 Å². The largest absolute Gasteiger partial charge is 2.00 e. The Kier molecular flexibility index (Phi) is 40.9. The maximum atomic E-state index is 12.6. The molecule has 27 heteroatoms. The number of alkyl halides is 4. The van der Waals surface area contributed by atoms with E-state index in [4.69, 9.17) is 66.2 Å². The number of aliphatic carboxylic acids is 2. The zero-order valence-electron chi connectivity index (χ0n) is 57.0. The molecule has 12 nitrogen and oxygen atoms in total. The fraction of sp³-hybridized carbons (Fsp3) is 0.184. The zero-order valence-corrected chi connectivity index (χ0v) is 78.6. The van der Waals surface area contributed by atoms with Crippen molar-refractivity contribution in [3.8, 4) is 104 Å². The molecular weight excluding hydrogens is 1830 g/mol. The van der Waals surface area contributed by atoms with Crippen LogP contribution in [0.5, 0.6) is 23.0 Å². The summed E-state index contributed by atoms with van der Waals surface area (Å²) < 4.78 is 0. The maximum absolute atomic E-state index is 12.6. The number of nitrogens with zero attached hydrogens (tertiary/aromatic N) is 4. The third-order valence-corrected chi connectivity index (χ3v) is 22.5. The van der Waals surface area contributed by atoms with Gasteiger partial charge in [0.05, 0.1) is 10.7 Å². The molecule has 12 aromatic rings. The van der Waals surface area contributed by atoms with Crippen LogP contribution in [0.2, 0.25) is 0 Å². The number of benzene rings is 4. The minimum atomic E-state index is -1.08. The van der Waals surface area contributed by atoms with E-state index in [2.05, 4.69) is 166 Å². The molecule has 0 amide bonds. The number of hydrogen-bond acceptors (Lipinski definition) is 20. The van der Waals surface area contributed by atoms with Crippen LogP contribution >= 0.6 is 137 Å². The normalized spacial score (nSPS) is 11.0. The summed E-state index contributed by atoms with van der Waals surface area (Å²) in [6.45, 7) is 12.3. The van der Waals surface area contributed by atoms with Gasteiger partial charge in [-0.25, -0.2) is 0 Å². The molecular formula is C76H66Cd3Cl4N4O8S8. The molecule has 12 rings (SSSR count). The number of hydrogen-bond donors (Lipinski definition) is 0. The predicted molar refractivity (Wildman–Crippen MR) is 422 cm³/mol. The molecule has 0 bridgehead atoms. The summed E-state index contributed by atoms with van der Waals surface area (Å²) in [4.78, 5) is 50.6. The van der Waals surface area contributed by atoms with E-state index in [0.717, 1.165) is 55.6 Å². The van der Waals surface area contributed by atoms with Gasteiger partial charge in [-0.3, -0.25) is 20.0 Å². The smallest absolute Gasteiger partial charge is 0.872 e. The summed E-state index contributed by atoms with van der Waals surface area (Å²) >= 11 is 32.8. The van der Waals surface area contributed by atoms with Gasteiger partial charge < -0.3 is 40.2 Å². The molecule has 0 atom stereocenters. The average Bonchev–Trinajstić information content (AvgIpc) is 1.72. The van der Waals surface area contributed by atoms with Crippen LogP contribution in [0.4, 0.5) is 0 Å². The number of halogens is 4. The first-order valence-corrected chi connectivity index (χ1v) is 39.3. The van der Waals surface area contributed by atoms with Crippen LogP contribution in [-0.4, -0.2) is 73.7 Å². The molecule has 8 heterocycles. The van der Waals surface area contributed by atoms with Crippen LogP contribution in [0.25, 0.3) is 80.8 Å². The Bertz CT molecular complexity index is 4060. The fourth-order valence-electron chi connectivity index (χ4n) is 9.05. The maximum Gasteiger partial charge on any atom is 2.00 e. The number of carboxylic acids is 2. The van der Waals surface area contributed by atoms with E-state index in [1.54, 1.807) is 140 Å². The van der Waals surface area contributed by atoms with Crippen LogP contribution in [0, 0.1) is 10.8 Å². The summed E-state index contributed by atoms with van der Waals surface area (Å²) in [6, 6.07) is 55.3. The van der Waals surface area contributed by atoms with Crippen LogP contribution in [0.3, 0.4) is 0 Å². The first-order valence-electron chi connectivity index (χ1n) is 30.4. The molecule has 0 radical (unpaired) electrons. The second kappa shape index (κ2) is 46.4. The summed E-state index contributed by atoms with van der Waals surface area (Å²) in [5.74, 6) is -2.35. The first-order chi connectivity index (χ1) is 48.0. The summed E-state index contributed by atoms with van der Waals surface area (Å²) in [5.41, 5.74) is 5.85. The van der Waals surface area contributed by atoms with Crippen molar-refractivity contribution in [2.24, 2.45) is 30.8 Å². The van der Waals surface area contributed by atoms with E-state index < -0.39 is 11.9 Å². The molecule has 0 aliphatic carbocycles. The van der Waals surface area contributed by atoms with Crippen molar-refractivity contribution in [2.45, 2.75) is 41.5 Å². The molecule has 0 saturated carbocycles. The Labute approximate surface area is 713 Å². The van der Waals surface area contributed by atoms with Gasteiger partial charge in [-0.2, -0.15) is 0 Å². The molecule has 8 aromatic heterocycles. The number of rotatable bonds is 20. The Hall–Kier alpha value is -4.77. The topological polar surface area (TPSA) is 222 Å². The minimum absolute atomic E-state index is 0. The second-order valence-corrected chi connectivity index (χ2v) is 32.7. The quantitative estimate of drug-likeness (QED) is 0.0404. The number of aliphatic imine (C=N–C) groups is 4. The molecule has 0 saturated heterocycles. The number of thiophene rings is 8. The Balaban J connectivity index is 0.000000361. The molecule has 0 spiro atoms. The Morgan fingerprint density at radius 3 is 0.699 bits per heavy atom. The van der Waals surface area contributed by atoms with Crippen LogP contribution < -0.4 is 30.6 Å². The average molecular weight is 1900 g/mol. The van der Waals surface area contributed by atoms with E-state index in [1.165, 1.54) is 39.0 Å². The van der Waals surface area contributed by atoms with Crippen molar-refractivity contribution in [1.29, 1.82) is 0 Å². The third-order valence-electron chi connectivity index (χ3n) is 13.7. The molecule has 520 valence electrons. The van der Waals surface area contributed by atoms with Gasteiger partial charge in [0, 0.05) is 132 Å². The van der Waals surface area contributed by atoms with Gasteiger partial charge in [-0.15, -0.1) is 160 Å². The third kappa shape index (κ3) is 30.1. The van der Waals surface area contributed by atoms with E-state index >= 15 is 0 Å². The second-order valence-electron chi connectivity index (χ2n) is 23.0. The SMILES string of the molecule is CC(=O)[O-].CC(=O)[O-].CC(C)(CN=Cc1cc(-c2ccc(-c3cccs3)s2)ccc1[O-])CN=Cc1cc(-c2ccc(-c3cccs3)s2)ccc1[O-].CC(C)(CN=Cc1cc(-c2ccc(-c3cccs3)s2)ccc1[O-])CN=Cc1cc(-c2ccc(-c3cccs3)s2)ccc1[O-].ClCCl.ClCCl.[Cd+2].[Cd+2].[Cd+2]. The number of carbonyl (C=O) groups is 2. The number of carbonyl (C=O) groups excluding carboxylic acids is 2. The van der Waals surface area contributed by atoms with Crippen molar-refractivity contribution in [3.05, 3.63) is 214 Å². The monoisotopic (exact) mass is 1900 g/mol. The summed E-state index contributed by atoms with van der Waals surface area (Å²) in [6.07, 6.45) is 6.71. The van der Waals surface area contributed by atoms with Crippen LogP contribution in [0.15, 0.2) is 211 Å². The van der Waals surface area contributed by atoms with Crippen molar-refractivity contribution in [1.82, 2.24) is 0 Å². The first kappa shape index (κ1) is 90.6. The van der Waals surface area contributed by atoms with Gasteiger partial charge >= 0.3 is 81.9 Å². The minimum Gasteiger partial charge on any atom is -0.872 e. The van der Waals surface area contributed by atoms with Crippen molar-refractivity contribution in [2.75, 3.05) is 36.9 Å². The van der Waals surface area contributed by atoms with E-state index in [-0.39, 0.29) is 126 Å². The molecule has 4 aromatic carbocycles. The van der Waals surface area contributed by atoms with E-state index in [9.17, 15) is 20.4 Å². The Morgan fingerprint density at radius 2 is 0.524 bits per heavy atom. The molecule has 0 aliphatic rings. The van der Waals surface area contributed by atoms with E-state index in [1.807, 2.05) is 48.5 Å². The molecule has 0 N–H and O–H groups in total. The summed E-state index contributed by atoms with van der Waals surface area (Å²) in [5, 5.41) is 76.7. The number of carboxylic acid groups (broad SMARTS) is 2. The van der Waals surface area contributed by atoms with Crippen molar-refractivity contribution in [3.63, 3.8) is 0 Å². The summed E-state index contributed by atoms with van der Waals surface area (Å²) in [7, 11) is 0. The zero-order chi connectivity index (χ0) is 72.2. The van der Waals surface area contributed by atoms with Crippen LogP contribution in [-0.2, 0) is 91.5 Å². The van der Waals surface area contributed by atoms with Gasteiger partial charge in [0.2, 0.25) is 0 Å². The predicted octanol–water partition coefficient (Wildman–Crippen LogP) is 19.0. The van der Waals surface area contributed by atoms with Gasteiger partial charge in [0.1, 0.15) is 0 Å². The van der Waals surface area contributed by atoms with Crippen LogP contribution in [0.1, 0.15) is 63.8 Å². The van der Waals surface area contributed by atoms with Crippen molar-refractivity contribution >= 4 is 174 Å². The molecule has 0 fully saturated rings. The van der Waals surface area contributed by atoms with Crippen molar-refractivity contribution < 1.29 is 122 Å². The molecule has 0 unspecified atom stereocenters. The van der Waals surface area contributed by atoms with Gasteiger partial charge in [0.15, 0.2) is 0 Å². The molecule has 103 heavy (non-hydrogen) atoms. The van der Waals surface area contributed by atoms with Gasteiger partial charge in [-0.05, 0) is 177 Å². The standard InChI is InChI=1S/2C35H30N2O2S4.2C2H4O2.2CH2Cl2.3Cd/c2*1-35(2,21-36-19-25-17-23(7-9-27(25)38)29-11-13-33(42-29)31-5-3-15-40-31)22-37-20-26-18-24(8-10-28(26)39)30-12-14-34(43-30)32-6-4-16-41-32;2*1-2(3)4;2*2-1-3;;;/h2*3-20,38-39H,21-22H2,1-2H3;2*1H3,(H,3,4);2*1H2;;;/q;;;;;;3*+2/p-6. The molecule has 0 aliphatic heterocycles. The Morgan fingerprint density at radius 1 is 0.340 bits per heavy atom.